The third-order valence-electron chi connectivity index (χ3n) is 7.29. The molecule has 3 atom stereocenters. The number of carbonyl (C=O) groups excluding carboxylic acids is 3. The van der Waals surface area contributed by atoms with Crippen molar-refractivity contribution in [3.63, 3.8) is 0 Å². The second kappa shape index (κ2) is 8.60. The quantitative estimate of drug-likeness (QED) is 0.272. The predicted molar refractivity (Wildman–Crippen MR) is 124 cm³/mol. The minimum Gasteiger partial charge on any atom is -0.464 e. The van der Waals surface area contributed by atoms with Crippen LogP contribution in [-0.4, -0.2) is 54.5 Å². The molecule has 0 bridgehead atoms. The Morgan fingerprint density at radius 2 is 1.92 bits per heavy atom. The maximum Gasteiger partial charge on any atom is 0.328 e. The van der Waals surface area contributed by atoms with Crippen LogP contribution < -0.4 is 5.32 Å². The van der Waals surface area contributed by atoms with Gasteiger partial charge < -0.3 is 15.0 Å². The lowest BCUT2D eigenvalue weighted by Crippen LogP contribution is -2.48. The monoisotopic (exact) mass is 495 g/mol. The first-order valence-electron chi connectivity index (χ1n) is 11.6. The van der Waals surface area contributed by atoms with E-state index in [-0.39, 0.29) is 48.0 Å². The number of piperidine rings is 1. The summed E-state index contributed by atoms with van der Waals surface area (Å²) in [6.07, 6.45) is 0.924. The summed E-state index contributed by atoms with van der Waals surface area (Å²) in [6, 6.07) is 9.00. The van der Waals surface area contributed by atoms with Gasteiger partial charge >= 0.3 is 5.97 Å². The number of ether oxygens (including phenoxy) is 1. The van der Waals surface area contributed by atoms with E-state index in [9.17, 15) is 23.2 Å². The zero-order valence-corrected chi connectivity index (χ0v) is 19.4. The van der Waals surface area contributed by atoms with E-state index in [2.05, 4.69) is 15.3 Å². The van der Waals surface area contributed by atoms with Crippen molar-refractivity contribution in [2.45, 2.75) is 37.8 Å². The number of alkyl halides is 2. The first-order chi connectivity index (χ1) is 17.2. The number of fused-ring (bicyclic) bond motifs is 4. The molecule has 36 heavy (non-hydrogen) atoms. The number of rotatable bonds is 7. The molecule has 5 rings (SSSR count). The van der Waals surface area contributed by atoms with E-state index in [1.54, 1.807) is 25.1 Å². The van der Waals surface area contributed by atoms with Crippen molar-refractivity contribution in [1.29, 1.82) is 0 Å². The first kappa shape index (κ1) is 23.7. The summed E-state index contributed by atoms with van der Waals surface area (Å²) in [7, 11) is 0. The van der Waals surface area contributed by atoms with E-state index in [1.165, 1.54) is 29.2 Å². The molecule has 1 saturated carbocycles. The smallest absolute Gasteiger partial charge is 0.328 e. The normalized spacial score (nSPS) is 24.1. The van der Waals surface area contributed by atoms with Crippen LogP contribution in [0.3, 0.4) is 0 Å². The Morgan fingerprint density at radius 1 is 1.17 bits per heavy atom. The summed E-state index contributed by atoms with van der Waals surface area (Å²) in [5.41, 5.74) is 8.73. The second-order valence-electron chi connectivity index (χ2n) is 9.31. The lowest BCUT2D eigenvalue weighted by molar-refractivity contribution is -0.153. The minimum atomic E-state index is -3.15. The zero-order valence-electron chi connectivity index (χ0n) is 19.4. The molecule has 2 amide bonds. The van der Waals surface area contributed by atoms with Crippen LogP contribution in [0, 0.1) is 5.41 Å². The SMILES string of the molecule is CCOC(=O)[C@@H]1C[C@]2(CN=[N+]=[N-])C[C@@H]2N1C(=O)CNC(=O)c1ccc2c(c1)-c1ccccc1C2(F)F. The highest BCUT2D eigenvalue weighted by Gasteiger charge is 2.67. The van der Waals surface area contributed by atoms with Crippen LogP contribution in [0.15, 0.2) is 47.6 Å². The molecule has 2 aliphatic carbocycles. The fraction of sp³-hybridized carbons (Fsp3) is 0.400. The second-order valence-corrected chi connectivity index (χ2v) is 9.31. The Morgan fingerprint density at radius 3 is 2.67 bits per heavy atom. The lowest BCUT2D eigenvalue weighted by atomic mass is 10.00. The maximum atomic E-state index is 14.8. The van der Waals surface area contributed by atoms with Gasteiger partial charge in [-0.1, -0.05) is 35.4 Å². The number of nitrogens with zero attached hydrogens (tertiary/aromatic N) is 4. The van der Waals surface area contributed by atoms with Crippen LogP contribution in [0.1, 0.15) is 41.3 Å². The standard InChI is InChI=1S/C25H23F2N5O4/c1-2-36-23(35)19-10-24(13-30-31-28)11-20(24)32(19)21(33)12-29-22(34)14-7-8-18-16(9-14)15-5-3-4-6-17(15)25(18,26)27/h3-9,19-20H,2,10-13H2,1H3,(H,29,34)/t19-,20-,24+/m0/s1. The van der Waals surface area contributed by atoms with Gasteiger partial charge in [0.2, 0.25) is 5.91 Å². The molecule has 3 aliphatic rings. The molecular formula is C25H23F2N5O4. The number of halogens is 2. The van der Waals surface area contributed by atoms with Crippen molar-refractivity contribution in [3.8, 4) is 11.1 Å². The highest BCUT2D eigenvalue weighted by molar-refractivity contribution is 5.99. The van der Waals surface area contributed by atoms with Gasteiger partial charge in [-0.25, -0.2) is 4.79 Å². The molecule has 0 radical (unpaired) electrons. The van der Waals surface area contributed by atoms with Gasteiger partial charge in [0, 0.05) is 39.6 Å². The molecule has 1 N–H and O–H groups in total. The summed E-state index contributed by atoms with van der Waals surface area (Å²) in [6.45, 7) is 1.61. The Bertz CT molecular complexity index is 1330. The van der Waals surface area contributed by atoms with Crippen LogP contribution in [0.2, 0.25) is 0 Å². The first-order valence-corrected chi connectivity index (χ1v) is 11.6. The van der Waals surface area contributed by atoms with Crippen LogP contribution in [0.4, 0.5) is 8.78 Å². The average Bonchev–Trinajstić information content (AvgIpc) is 3.40. The molecule has 0 aromatic heterocycles. The molecule has 1 saturated heterocycles. The molecule has 11 heteroatoms. The van der Waals surface area contributed by atoms with Crippen molar-refractivity contribution in [1.82, 2.24) is 10.2 Å². The van der Waals surface area contributed by atoms with Gasteiger partial charge in [-0.15, -0.1) is 0 Å². The summed E-state index contributed by atoms with van der Waals surface area (Å²) in [5, 5.41) is 6.18. The Balaban J connectivity index is 1.31. The summed E-state index contributed by atoms with van der Waals surface area (Å²) in [5.74, 6) is -4.75. The lowest BCUT2D eigenvalue weighted by Gasteiger charge is -2.26. The highest BCUT2D eigenvalue weighted by atomic mass is 19.3. The fourth-order valence-electron chi connectivity index (χ4n) is 5.50. The fourth-order valence-corrected chi connectivity index (χ4v) is 5.50. The Labute approximate surface area is 205 Å². The molecule has 2 fully saturated rings. The van der Waals surface area contributed by atoms with Gasteiger partial charge in [-0.05, 0) is 48.6 Å². The van der Waals surface area contributed by atoms with Crippen molar-refractivity contribution < 1.29 is 27.9 Å². The summed E-state index contributed by atoms with van der Waals surface area (Å²) >= 11 is 0. The van der Waals surface area contributed by atoms with E-state index in [4.69, 9.17) is 10.3 Å². The number of esters is 1. The number of amides is 2. The average molecular weight is 495 g/mol. The van der Waals surface area contributed by atoms with Crippen molar-refractivity contribution in [2.24, 2.45) is 10.5 Å². The molecular weight excluding hydrogens is 472 g/mol. The van der Waals surface area contributed by atoms with Crippen LogP contribution in [0.5, 0.6) is 0 Å². The number of nitrogens with one attached hydrogen (secondary N) is 1. The summed E-state index contributed by atoms with van der Waals surface area (Å²) in [4.78, 5) is 42.6. The highest BCUT2D eigenvalue weighted by Crippen LogP contribution is 2.60. The Hall–Kier alpha value is -3.98. The van der Waals surface area contributed by atoms with Crippen molar-refractivity contribution in [3.05, 3.63) is 69.6 Å². The number of hydrogen-bond acceptors (Lipinski definition) is 5. The largest absolute Gasteiger partial charge is 0.464 e. The third-order valence-corrected chi connectivity index (χ3v) is 7.29. The summed E-state index contributed by atoms with van der Waals surface area (Å²) < 4.78 is 34.7. The van der Waals surface area contributed by atoms with Gasteiger partial charge in [0.05, 0.1) is 13.2 Å². The topological polar surface area (TPSA) is 124 Å². The molecule has 1 aliphatic heterocycles. The van der Waals surface area contributed by atoms with E-state index in [0.29, 0.717) is 18.4 Å². The number of likely N-dealkylation sites (tertiary alicyclic amines) is 1. The van der Waals surface area contributed by atoms with Gasteiger partial charge in [0.1, 0.15) is 6.04 Å². The van der Waals surface area contributed by atoms with Crippen LogP contribution in [0.25, 0.3) is 21.6 Å². The Kier molecular flexibility index (Phi) is 5.67. The van der Waals surface area contributed by atoms with Crippen molar-refractivity contribution in [2.75, 3.05) is 19.7 Å². The van der Waals surface area contributed by atoms with Crippen molar-refractivity contribution >= 4 is 17.8 Å². The molecule has 186 valence electrons. The van der Waals surface area contributed by atoms with E-state index < -0.39 is 35.2 Å². The molecule has 9 nitrogen and oxygen atoms in total. The molecule has 2 aromatic rings. The van der Waals surface area contributed by atoms with Gasteiger partial charge in [0.15, 0.2) is 0 Å². The predicted octanol–water partition coefficient (Wildman–Crippen LogP) is 3.77. The minimum absolute atomic E-state index is 0.111. The maximum absolute atomic E-state index is 14.8. The molecule has 2 aromatic carbocycles. The number of hydrogen-bond donors (Lipinski definition) is 1. The molecule has 0 unspecified atom stereocenters. The zero-order chi connectivity index (χ0) is 25.7. The number of azide groups is 1. The third kappa shape index (κ3) is 3.67. The van der Waals surface area contributed by atoms with E-state index in [0.717, 1.165) is 0 Å². The van der Waals surface area contributed by atoms with Gasteiger partial charge in [-0.3, -0.25) is 9.59 Å². The molecule has 1 heterocycles. The van der Waals surface area contributed by atoms with Gasteiger partial charge in [-0.2, -0.15) is 8.78 Å². The van der Waals surface area contributed by atoms with E-state index in [1.807, 2.05) is 0 Å². The molecule has 0 spiro atoms. The number of carbonyl (C=O) groups is 3. The number of benzene rings is 2. The van der Waals surface area contributed by atoms with Gasteiger partial charge in [0.25, 0.3) is 11.8 Å². The van der Waals surface area contributed by atoms with Crippen LogP contribution >= 0.6 is 0 Å². The van der Waals surface area contributed by atoms with E-state index >= 15 is 0 Å². The van der Waals surface area contributed by atoms with Crippen LogP contribution in [-0.2, 0) is 20.2 Å².